The fraction of sp³-hybridized carbons (Fsp3) is 0.250. The molecule has 2 rings (SSSR count). The molecule has 0 aromatic heterocycles. The predicted molar refractivity (Wildman–Crippen MR) is 142 cm³/mol. The van der Waals surface area contributed by atoms with E-state index in [9.17, 15) is 18.0 Å². The molecule has 0 saturated carbocycles. The molecular weight excluding hydrogens is 594 g/mol. The van der Waals surface area contributed by atoms with E-state index in [-0.39, 0.29) is 32.1 Å². The molecule has 0 aliphatic heterocycles. The topological polar surface area (TPSA) is 29.1 Å². The van der Waals surface area contributed by atoms with Gasteiger partial charge in [0.15, 0.2) is 0 Å². The van der Waals surface area contributed by atoms with Crippen LogP contribution in [0.3, 0.4) is 0 Å². The molecule has 0 saturated heterocycles. The van der Waals surface area contributed by atoms with Gasteiger partial charge in [-0.2, -0.15) is 13.2 Å². The van der Waals surface area contributed by atoms with Gasteiger partial charge in [0.25, 0.3) is 5.91 Å². The minimum Gasteiger partial charge on any atom is -0.321 e. The molecule has 34 heavy (non-hydrogen) atoms. The van der Waals surface area contributed by atoms with E-state index in [0.717, 1.165) is 24.6 Å². The summed E-state index contributed by atoms with van der Waals surface area (Å²) < 4.78 is 41.6. The maximum Gasteiger partial charge on any atom is 0.399 e. The molecular formula is C24H20BrCl3F3NOS. The summed E-state index contributed by atoms with van der Waals surface area (Å²) in [5, 5.41) is 2.52. The molecule has 1 N–H and O–H groups in total. The first-order valence-electron chi connectivity index (χ1n) is 9.99. The van der Waals surface area contributed by atoms with Gasteiger partial charge in [0.1, 0.15) is 0 Å². The highest BCUT2D eigenvalue weighted by molar-refractivity contribution is 9.10. The lowest BCUT2D eigenvalue weighted by molar-refractivity contribution is -0.139. The highest BCUT2D eigenvalue weighted by Crippen LogP contribution is 2.41. The zero-order chi connectivity index (χ0) is 25.8. The van der Waals surface area contributed by atoms with Crippen LogP contribution in [0.4, 0.5) is 13.2 Å². The van der Waals surface area contributed by atoms with Gasteiger partial charge in [0, 0.05) is 15.0 Å². The summed E-state index contributed by atoms with van der Waals surface area (Å²) in [7, 11) is 0. The average molecular weight is 614 g/mol. The molecule has 2 aromatic carbocycles. The molecule has 0 aliphatic carbocycles. The van der Waals surface area contributed by atoms with Gasteiger partial charge >= 0.3 is 6.18 Å². The number of hydrogen-bond acceptors (Lipinski definition) is 2. The van der Waals surface area contributed by atoms with E-state index < -0.39 is 18.0 Å². The summed E-state index contributed by atoms with van der Waals surface area (Å²) in [6, 6.07) is 6.84. The number of allylic oxidation sites excluding steroid dienone is 2. The fourth-order valence-corrected chi connectivity index (χ4v) is 4.35. The number of carbonyl (C=O) groups excluding carboxylic acids is 1. The average Bonchev–Trinajstić information content (AvgIpc) is 2.75. The Labute approximate surface area is 225 Å². The van der Waals surface area contributed by atoms with Crippen LogP contribution in [-0.4, -0.2) is 16.9 Å². The quantitative estimate of drug-likeness (QED) is 0.183. The van der Waals surface area contributed by atoms with Gasteiger partial charge in [-0.25, -0.2) is 0 Å². The summed E-state index contributed by atoms with van der Waals surface area (Å²) in [6.07, 6.45) is -1.49. The third-order valence-electron chi connectivity index (χ3n) is 5.06. The SMILES string of the molecule is C=C(NC(=O)c1ccc(C=CC(c2cc(Cl)c(Cl)c(Cl)c2)C(F)(F)F)cc1Br)C(=S)C(C)CC. The molecule has 0 spiro atoms. The van der Waals surface area contributed by atoms with Gasteiger partial charge in [-0.3, -0.25) is 4.79 Å². The number of carbonyl (C=O) groups is 1. The van der Waals surface area contributed by atoms with Crippen LogP contribution in [0, 0.1) is 5.92 Å². The van der Waals surface area contributed by atoms with Gasteiger partial charge in [-0.05, 0) is 63.7 Å². The van der Waals surface area contributed by atoms with Crippen molar-refractivity contribution in [2.75, 3.05) is 0 Å². The molecule has 0 heterocycles. The Kier molecular flexibility index (Phi) is 10.2. The first-order valence-corrected chi connectivity index (χ1v) is 12.3. The lowest BCUT2D eigenvalue weighted by Gasteiger charge is -2.18. The van der Waals surface area contributed by atoms with Crippen LogP contribution >= 0.6 is 63.0 Å². The molecule has 1 amide bonds. The van der Waals surface area contributed by atoms with Crippen molar-refractivity contribution in [3.63, 3.8) is 0 Å². The Morgan fingerprint density at radius 2 is 1.79 bits per heavy atom. The van der Waals surface area contributed by atoms with Crippen molar-refractivity contribution in [1.29, 1.82) is 0 Å². The highest BCUT2D eigenvalue weighted by atomic mass is 79.9. The molecule has 0 aliphatic rings. The van der Waals surface area contributed by atoms with E-state index in [1.54, 1.807) is 0 Å². The van der Waals surface area contributed by atoms with Crippen molar-refractivity contribution in [1.82, 2.24) is 5.32 Å². The van der Waals surface area contributed by atoms with Crippen LogP contribution in [0.2, 0.25) is 15.1 Å². The lowest BCUT2D eigenvalue weighted by atomic mass is 9.97. The molecule has 2 atom stereocenters. The Bertz CT molecular complexity index is 1130. The van der Waals surface area contributed by atoms with Crippen molar-refractivity contribution in [3.8, 4) is 0 Å². The van der Waals surface area contributed by atoms with Crippen LogP contribution in [0.5, 0.6) is 0 Å². The zero-order valence-electron chi connectivity index (χ0n) is 18.1. The summed E-state index contributed by atoms with van der Waals surface area (Å²) in [5.41, 5.74) is 0.930. The molecule has 0 fully saturated rings. The monoisotopic (exact) mass is 611 g/mol. The number of amides is 1. The van der Waals surface area contributed by atoms with Crippen molar-refractivity contribution in [2.24, 2.45) is 5.92 Å². The van der Waals surface area contributed by atoms with E-state index in [1.807, 2.05) is 13.8 Å². The number of thiocarbonyl (C=S) groups is 1. The predicted octanol–water partition coefficient (Wildman–Crippen LogP) is 9.43. The van der Waals surface area contributed by atoms with Crippen LogP contribution in [0.15, 0.2) is 53.2 Å². The summed E-state index contributed by atoms with van der Waals surface area (Å²) in [6.45, 7) is 7.74. The molecule has 2 aromatic rings. The van der Waals surface area contributed by atoms with Crippen molar-refractivity contribution in [2.45, 2.75) is 32.4 Å². The van der Waals surface area contributed by atoms with Gasteiger partial charge in [0.2, 0.25) is 0 Å². The van der Waals surface area contributed by atoms with E-state index >= 15 is 0 Å². The third-order valence-corrected chi connectivity index (χ3v) is 7.56. The number of halogens is 7. The number of hydrogen-bond donors (Lipinski definition) is 1. The second-order valence-corrected chi connectivity index (χ2v) is 10.0. The Hall–Kier alpha value is -1.38. The maximum atomic E-state index is 13.7. The summed E-state index contributed by atoms with van der Waals surface area (Å²) >= 11 is 26.3. The van der Waals surface area contributed by atoms with E-state index in [4.69, 9.17) is 47.0 Å². The Morgan fingerprint density at radius 3 is 2.29 bits per heavy atom. The maximum absolute atomic E-state index is 13.7. The Balaban J connectivity index is 2.27. The van der Waals surface area contributed by atoms with Gasteiger partial charge in [-0.15, -0.1) is 0 Å². The number of nitrogens with one attached hydrogen (secondary N) is 1. The normalized spacial score (nSPS) is 13.6. The first kappa shape index (κ1) is 28.9. The van der Waals surface area contributed by atoms with Crippen LogP contribution in [-0.2, 0) is 0 Å². The van der Waals surface area contributed by atoms with Gasteiger partial charge < -0.3 is 5.32 Å². The fourth-order valence-electron chi connectivity index (χ4n) is 2.94. The number of rotatable bonds is 8. The molecule has 2 nitrogen and oxygen atoms in total. The molecule has 0 radical (unpaired) electrons. The summed E-state index contributed by atoms with van der Waals surface area (Å²) in [5.74, 6) is -2.31. The summed E-state index contributed by atoms with van der Waals surface area (Å²) in [4.78, 5) is 13.2. The lowest BCUT2D eigenvalue weighted by Crippen LogP contribution is -2.28. The smallest absolute Gasteiger partial charge is 0.321 e. The second kappa shape index (κ2) is 12.0. The third kappa shape index (κ3) is 7.31. The van der Waals surface area contributed by atoms with Crippen LogP contribution < -0.4 is 5.32 Å². The van der Waals surface area contributed by atoms with Crippen LogP contribution in [0.25, 0.3) is 6.08 Å². The second-order valence-electron chi connectivity index (χ2n) is 7.52. The van der Waals surface area contributed by atoms with Gasteiger partial charge in [0.05, 0.1) is 26.5 Å². The van der Waals surface area contributed by atoms with E-state index in [0.29, 0.717) is 20.6 Å². The van der Waals surface area contributed by atoms with E-state index in [2.05, 4.69) is 27.8 Å². The van der Waals surface area contributed by atoms with Crippen molar-refractivity contribution >= 4 is 79.8 Å². The molecule has 2 unspecified atom stereocenters. The molecule has 182 valence electrons. The van der Waals surface area contributed by atoms with Gasteiger partial charge in [-0.1, -0.05) is 85.7 Å². The number of benzene rings is 2. The Morgan fingerprint density at radius 1 is 1.21 bits per heavy atom. The zero-order valence-corrected chi connectivity index (χ0v) is 22.7. The first-order chi connectivity index (χ1) is 15.8. The van der Waals surface area contributed by atoms with E-state index in [1.165, 1.54) is 24.3 Å². The standard InChI is InChI=1S/C24H20BrCl3F3NOS/c1-4-12(2)22(34)13(3)32-23(33)16-7-5-14(9-18(16)25)6-8-17(24(29,30)31)15-10-19(26)21(28)20(27)11-15/h5-12,17H,3-4H2,1-2H3,(H,32,33). The van der Waals surface area contributed by atoms with Crippen molar-refractivity contribution < 1.29 is 18.0 Å². The van der Waals surface area contributed by atoms with Crippen LogP contribution in [0.1, 0.15) is 47.7 Å². The largest absolute Gasteiger partial charge is 0.399 e. The molecule has 10 heteroatoms. The highest BCUT2D eigenvalue weighted by Gasteiger charge is 2.39. The molecule has 0 bridgehead atoms. The number of alkyl halides is 3. The minimum atomic E-state index is -4.59. The minimum absolute atomic E-state index is 0.0117. The van der Waals surface area contributed by atoms with Crippen molar-refractivity contribution in [3.05, 3.63) is 84.9 Å².